The number of hydrogen-bond acceptors (Lipinski definition) is 3. The van der Waals surface area contributed by atoms with Crippen molar-refractivity contribution in [3.63, 3.8) is 0 Å². The summed E-state index contributed by atoms with van der Waals surface area (Å²) in [5.41, 5.74) is 0.384. The second kappa shape index (κ2) is 6.17. The van der Waals surface area contributed by atoms with E-state index >= 15 is 0 Å². The number of rotatable bonds is 7. The molecule has 0 aromatic heterocycles. The average molecular weight is 242 g/mol. The first-order valence-corrected chi connectivity index (χ1v) is 7.11. The lowest BCUT2D eigenvalue weighted by molar-refractivity contribution is 0.124. The van der Waals surface area contributed by atoms with Gasteiger partial charge in [0.1, 0.15) is 0 Å². The predicted octanol–water partition coefficient (Wildman–Crippen LogP) is 1.86. The van der Waals surface area contributed by atoms with Crippen molar-refractivity contribution in [1.82, 2.24) is 10.2 Å². The van der Waals surface area contributed by atoms with Gasteiger partial charge >= 0.3 is 0 Å². The van der Waals surface area contributed by atoms with Gasteiger partial charge in [0.25, 0.3) is 0 Å². The van der Waals surface area contributed by atoms with Crippen LogP contribution in [-0.4, -0.2) is 48.3 Å². The molecule has 0 aromatic rings. The van der Waals surface area contributed by atoms with Crippen molar-refractivity contribution in [2.75, 3.05) is 32.8 Å². The first-order valence-electron chi connectivity index (χ1n) is 7.11. The fourth-order valence-corrected chi connectivity index (χ4v) is 3.07. The normalized spacial score (nSPS) is 23.8. The highest BCUT2D eigenvalue weighted by Gasteiger charge is 2.37. The van der Waals surface area contributed by atoms with E-state index in [-0.39, 0.29) is 12.1 Å². The molecule has 1 rings (SSSR count). The molecule has 0 aliphatic carbocycles. The SMILES string of the molecule is CCNC(C)(CO)CN1CCC(CC)(CC)C1. The van der Waals surface area contributed by atoms with Gasteiger partial charge in [0.05, 0.1) is 12.1 Å². The Balaban J connectivity index is 2.54. The van der Waals surface area contributed by atoms with E-state index in [1.54, 1.807) is 0 Å². The van der Waals surface area contributed by atoms with Gasteiger partial charge in [-0.3, -0.25) is 0 Å². The maximum absolute atomic E-state index is 9.53. The van der Waals surface area contributed by atoms with Crippen molar-refractivity contribution in [2.24, 2.45) is 5.41 Å². The van der Waals surface area contributed by atoms with Gasteiger partial charge < -0.3 is 15.3 Å². The van der Waals surface area contributed by atoms with Gasteiger partial charge in [0, 0.05) is 13.1 Å². The number of hydrogen-bond donors (Lipinski definition) is 2. The second-order valence-corrected chi connectivity index (χ2v) is 5.92. The van der Waals surface area contributed by atoms with Crippen molar-refractivity contribution in [1.29, 1.82) is 0 Å². The highest BCUT2D eigenvalue weighted by Crippen LogP contribution is 2.37. The lowest BCUT2D eigenvalue weighted by Crippen LogP contribution is -2.53. The first kappa shape index (κ1) is 14.9. The molecule has 3 heteroatoms. The van der Waals surface area contributed by atoms with Gasteiger partial charge in [-0.1, -0.05) is 20.8 Å². The fraction of sp³-hybridized carbons (Fsp3) is 1.00. The largest absolute Gasteiger partial charge is 0.394 e. The summed E-state index contributed by atoms with van der Waals surface area (Å²) >= 11 is 0. The Labute approximate surface area is 107 Å². The number of likely N-dealkylation sites (tertiary alicyclic amines) is 1. The highest BCUT2D eigenvalue weighted by atomic mass is 16.3. The molecule has 2 N–H and O–H groups in total. The first-order chi connectivity index (χ1) is 8.03. The minimum absolute atomic E-state index is 0.147. The van der Waals surface area contributed by atoms with E-state index in [1.807, 2.05) is 0 Å². The second-order valence-electron chi connectivity index (χ2n) is 5.92. The van der Waals surface area contributed by atoms with Crippen molar-refractivity contribution >= 4 is 0 Å². The molecule has 0 spiro atoms. The Morgan fingerprint density at radius 2 is 1.94 bits per heavy atom. The Morgan fingerprint density at radius 3 is 2.35 bits per heavy atom. The van der Waals surface area contributed by atoms with Gasteiger partial charge in [-0.2, -0.15) is 0 Å². The van der Waals surface area contributed by atoms with Gasteiger partial charge in [-0.15, -0.1) is 0 Å². The van der Waals surface area contributed by atoms with Crippen LogP contribution in [0, 0.1) is 5.41 Å². The molecule has 1 unspecified atom stereocenters. The van der Waals surface area contributed by atoms with Crippen LogP contribution in [0.2, 0.25) is 0 Å². The smallest absolute Gasteiger partial charge is 0.0623 e. The molecule has 0 radical (unpaired) electrons. The van der Waals surface area contributed by atoms with Gasteiger partial charge in [-0.25, -0.2) is 0 Å². The van der Waals surface area contributed by atoms with Gasteiger partial charge in [0.15, 0.2) is 0 Å². The number of aliphatic hydroxyl groups excluding tert-OH is 1. The number of aliphatic hydroxyl groups is 1. The molecule has 102 valence electrons. The minimum Gasteiger partial charge on any atom is -0.394 e. The third-order valence-corrected chi connectivity index (χ3v) is 4.54. The summed E-state index contributed by atoms with van der Waals surface area (Å²) in [6, 6.07) is 0. The molecule has 1 heterocycles. The van der Waals surface area contributed by atoms with Gasteiger partial charge in [0.2, 0.25) is 0 Å². The molecule has 0 amide bonds. The molecule has 3 nitrogen and oxygen atoms in total. The van der Waals surface area contributed by atoms with E-state index in [4.69, 9.17) is 0 Å². The third kappa shape index (κ3) is 3.67. The topological polar surface area (TPSA) is 35.5 Å². The van der Waals surface area contributed by atoms with Crippen LogP contribution in [0.3, 0.4) is 0 Å². The molecule has 0 aromatic carbocycles. The number of nitrogens with one attached hydrogen (secondary N) is 1. The van der Waals surface area contributed by atoms with Crippen LogP contribution < -0.4 is 5.32 Å². The van der Waals surface area contributed by atoms with Crippen LogP contribution in [0.15, 0.2) is 0 Å². The molecule has 1 atom stereocenters. The van der Waals surface area contributed by atoms with Crippen LogP contribution in [0.1, 0.15) is 47.0 Å². The fourth-order valence-electron chi connectivity index (χ4n) is 3.07. The maximum Gasteiger partial charge on any atom is 0.0623 e. The minimum atomic E-state index is -0.147. The number of likely N-dealkylation sites (N-methyl/N-ethyl adjacent to an activating group) is 1. The van der Waals surface area contributed by atoms with Crippen LogP contribution in [0.25, 0.3) is 0 Å². The van der Waals surface area contributed by atoms with Crippen LogP contribution >= 0.6 is 0 Å². The molecule has 0 bridgehead atoms. The lowest BCUT2D eigenvalue weighted by atomic mass is 9.82. The van der Waals surface area contributed by atoms with E-state index in [0.29, 0.717) is 5.41 Å². The van der Waals surface area contributed by atoms with Gasteiger partial charge in [-0.05, 0) is 44.7 Å². The zero-order valence-electron chi connectivity index (χ0n) is 12.1. The summed E-state index contributed by atoms with van der Waals surface area (Å²) < 4.78 is 0. The predicted molar refractivity (Wildman–Crippen MR) is 73.2 cm³/mol. The molecule has 17 heavy (non-hydrogen) atoms. The molecule has 1 saturated heterocycles. The van der Waals surface area contributed by atoms with E-state index in [9.17, 15) is 5.11 Å². The Morgan fingerprint density at radius 1 is 1.29 bits per heavy atom. The van der Waals surface area contributed by atoms with E-state index in [1.165, 1.54) is 32.4 Å². The highest BCUT2D eigenvalue weighted by molar-refractivity contribution is 4.93. The third-order valence-electron chi connectivity index (χ3n) is 4.54. The van der Waals surface area contributed by atoms with Crippen LogP contribution in [0.4, 0.5) is 0 Å². The zero-order valence-corrected chi connectivity index (χ0v) is 12.1. The maximum atomic E-state index is 9.53. The van der Waals surface area contributed by atoms with Crippen molar-refractivity contribution in [3.05, 3.63) is 0 Å². The van der Waals surface area contributed by atoms with Crippen LogP contribution in [0.5, 0.6) is 0 Å². The lowest BCUT2D eigenvalue weighted by Gasteiger charge is -2.34. The Bertz CT molecular complexity index is 228. The van der Waals surface area contributed by atoms with Crippen molar-refractivity contribution in [2.45, 2.75) is 52.5 Å². The summed E-state index contributed by atoms with van der Waals surface area (Å²) in [5, 5.41) is 12.9. The Hall–Kier alpha value is -0.120. The van der Waals surface area contributed by atoms with E-state index in [0.717, 1.165) is 13.1 Å². The monoisotopic (exact) mass is 242 g/mol. The number of nitrogens with zero attached hydrogens (tertiary/aromatic N) is 1. The Kier molecular flexibility index (Phi) is 5.42. The van der Waals surface area contributed by atoms with E-state index in [2.05, 4.69) is 37.9 Å². The van der Waals surface area contributed by atoms with Crippen LogP contribution in [-0.2, 0) is 0 Å². The molecule has 1 aliphatic rings. The summed E-state index contributed by atoms with van der Waals surface area (Å²) in [6.45, 7) is 13.3. The molecule has 1 aliphatic heterocycles. The molecule has 1 fully saturated rings. The summed E-state index contributed by atoms with van der Waals surface area (Å²) in [6.07, 6.45) is 3.86. The molecular weight excluding hydrogens is 212 g/mol. The summed E-state index contributed by atoms with van der Waals surface area (Å²) in [5.74, 6) is 0. The summed E-state index contributed by atoms with van der Waals surface area (Å²) in [7, 11) is 0. The average Bonchev–Trinajstić information content (AvgIpc) is 2.73. The zero-order chi connectivity index (χ0) is 12.9. The standard InChI is InChI=1S/C14H30N2O/c1-5-14(6-2)8-9-16(11-14)10-13(4,12-17)15-7-3/h15,17H,5-12H2,1-4H3. The quantitative estimate of drug-likeness (QED) is 0.715. The molecule has 0 saturated carbocycles. The van der Waals surface area contributed by atoms with Crippen molar-refractivity contribution in [3.8, 4) is 0 Å². The van der Waals surface area contributed by atoms with Crippen molar-refractivity contribution < 1.29 is 5.11 Å². The summed E-state index contributed by atoms with van der Waals surface area (Å²) in [4.78, 5) is 2.52. The van der Waals surface area contributed by atoms with E-state index < -0.39 is 0 Å². The molecular formula is C14H30N2O.